The highest BCUT2D eigenvalue weighted by molar-refractivity contribution is 6.46. The number of benzene rings is 1. The van der Waals surface area contributed by atoms with Gasteiger partial charge in [0, 0.05) is 23.0 Å². The highest BCUT2D eigenvalue weighted by Crippen LogP contribution is 2.38. The average Bonchev–Trinajstić information content (AvgIpc) is 2.99. The minimum Gasteiger partial charge on any atom is -0.872 e. The number of aromatic nitrogens is 1. The van der Waals surface area contributed by atoms with E-state index in [-0.39, 0.29) is 5.57 Å². The SMILES string of the molecule is CC[NH+](CC)CCN1C(=O)C(=O)/C(=C(/[O-])c2ccncc2)C1c1cccc(Cl)c1. The third-order valence-electron chi connectivity index (χ3n) is 5.34. The van der Waals surface area contributed by atoms with Gasteiger partial charge in [-0.25, -0.2) is 0 Å². The van der Waals surface area contributed by atoms with Crippen LogP contribution in [0.25, 0.3) is 5.76 Å². The summed E-state index contributed by atoms with van der Waals surface area (Å²) < 4.78 is 0. The van der Waals surface area contributed by atoms with Gasteiger partial charge >= 0.3 is 0 Å². The van der Waals surface area contributed by atoms with Gasteiger partial charge in [0.2, 0.25) is 5.78 Å². The monoisotopic (exact) mass is 413 g/mol. The Kier molecular flexibility index (Phi) is 6.67. The van der Waals surface area contributed by atoms with Crippen molar-refractivity contribution < 1.29 is 19.6 Å². The maximum atomic E-state index is 13.2. The second kappa shape index (κ2) is 9.20. The Morgan fingerprint density at radius 1 is 1.17 bits per heavy atom. The minimum atomic E-state index is -0.746. The second-order valence-electron chi connectivity index (χ2n) is 6.97. The van der Waals surface area contributed by atoms with E-state index in [4.69, 9.17) is 11.6 Å². The molecule has 7 heteroatoms. The molecule has 3 rings (SSSR count). The van der Waals surface area contributed by atoms with Crippen LogP contribution >= 0.6 is 11.6 Å². The fourth-order valence-electron chi connectivity index (χ4n) is 3.67. The van der Waals surface area contributed by atoms with Gasteiger partial charge in [0.1, 0.15) is 0 Å². The molecule has 1 atom stereocenters. The molecular formula is C22H24ClN3O3. The molecular weight excluding hydrogens is 390 g/mol. The van der Waals surface area contributed by atoms with Crippen molar-refractivity contribution in [2.75, 3.05) is 26.2 Å². The molecule has 1 amide bonds. The number of Topliss-reactive ketones (excluding diaryl/α,β-unsaturated/α-hetero) is 1. The van der Waals surface area contributed by atoms with Gasteiger partial charge < -0.3 is 14.9 Å². The molecule has 0 bridgehead atoms. The van der Waals surface area contributed by atoms with Gasteiger partial charge in [0.25, 0.3) is 5.91 Å². The van der Waals surface area contributed by atoms with E-state index in [0.717, 1.165) is 13.1 Å². The summed E-state index contributed by atoms with van der Waals surface area (Å²) in [7, 11) is 0. The highest BCUT2D eigenvalue weighted by atomic mass is 35.5. The summed E-state index contributed by atoms with van der Waals surface area (Å²) in [4.78, 5) is 32.5. The first-order valence-electron chi connectivity index (χ1n) is 9.73. The zero-order valence-corrected chi connectivity index (χ0v) is 17.3. The van der Waals surface area contributed by atoms with Crippen molar-refractivity contribution in [2.24, 2.45) is 0 Å². The Morgan fingerprint density at radius 2 is 1.86 bits per heavy atom. The van der Waals surface area contributed by atoms with E-state index in [1.807, 2.05) is 0 Å². The van der Waals surface area contributed by atoms with E-state index in [2.05, 4.69) is 18.8 Å². The fraction of sp³-hybridized carbons (Fsp3) is 0.318. The molecule has 29 heavy (non-hydrogen) atoms. The molecule has 0 aliphatic carbocycles. The Balaban J connectivity index is 2.09. The number of carbonyl (C=O) groups excluding carboxylic acids is 2. The maximum Gasteiger partial charge on any atom is 0.295 e. The normalized spacial score (nSPS) is 18.6. The number of nitrogens with one attached hydrogen (secondary N) is 1. The predicted octanol–water partition coefficient (Wildman–Crippen LogP) is 0.884. The van der Waals surface area contributed by atoms with Crippen LogP contribution in [0.2, 0.25) is 5.02 Å². The molecule has 1 aromatic heterocycles. The molecule has 152 valence electrons. The summed E-state index contributed by atoms with van der Waals surface area (Å²) in [6.07, 6.45) is 2.98. The van der Waals surface area contributed by atoms with Crippen LogP contribution < -0.4 is 10.0 Å². The first kappa shape index (κ1) is 21.0. The molecule has 0 radical (unpaired) electrons. The average molecular weight is 414 g/mol. The Morgan fingerprint density at radius 3 is 2.48 bits per heavy atom. The van der Waals surface area contributed by atoms with Gasteiger partial charge in [-0.2, -0.15) is 0 Å². The zero-order valence-electron chi connectivity index (χ0n) is 16.5. The number of quaternary nitrogens is 1. The van der Waals surface area contributed by atoms with Crippen LogP contribution in [-0.2, 0) is 9.59 Å². The highest BCUT2D eigenvalue weighted by Gasteiger charge is 2.44. The van der Waals surface area contributed by atoms with Gasteiger partial charge in [0.15, 0.2) is 0 Å². The van der Waals surface area contributed by atoms with Crippen molar-refractivity contribution in [2.45, 2.75) is 19.9 Å². The van der Waals surface area contributed by atoms with Crippen molar-refractivity contribution in [3.63, 3.8) is 0 Å². The van der Waals surface area contributed by atoms with Crippen LogP contribution in [0.4, 0.5) is 0 Å². The van der Waals surface area contributed by atoms with Crippen LogP contribution in [0.5, 0.6) is 0 Å². The fourth-order valence-corrected chi connectivity index (χ4v) is 3.86. The van der Waals surface area contributed by atoms with Crippen LogP contribution in [0, 0.1) is 0 Å². The molecule has 0 spiro atoms. The van der Waals surface area contributed by atoms with E-state index in [0.29, 0.717) is 29.2 Å². The van der Waals surface area contributed by atoms with Gasteiger partial charge in [-0.05, 0) is 49.2 Å². The number of pyridine rings is 1. The lowest BCUT2D eigenvalue weighted by Crippen LogP contribution is -3.12. The standard InChI is InChI=1S/C22H24ClN3O3/c1-3-25(4-2)12-13-26-19(16-6-5-7-17(23)14-16)18(21(28)22(26)29)20(27)15-8-10-24-11-9-15/h5-11,14,19,27H,3-4,12-13H2,1-2H3/b20-18+. The second-order valence-corrected chi connectivity index (χ2v) is 7.41. The van der Waals surface area contributed by atoms with E-state index in [1.54, 1.807) is 36.4 Å². The van der Waals surface area contributed by atoms with Crippen molar-refractivity contribution >= 4 is 29.1 Å². The first-order chi connectivity index (χ1) is 14.0. The van der Waals surface area contributed by atoms with Gasteiger partial charge in [-0.1, -0.05) is 29.5 Å². The maximum absolute atomic E-state index is 13.2. The third kappa shape index (κ3) is 4.33. The van der Waals surface area contributed by atoms with Crippen molar-refractivity contribution in [1.82, 2.24) is 9.88 Å². The molecule has 1 fully saturated rings. The number of likely N-dealkylation sites (N-methyl/N-ethyl adjacent to an activating group) is 1. The smallest absolute Gasteiger partial charge is 0.295 e. The summed E-state index contributed by atoms with van der Waals surface area (Å²) in [5.41, 5.74) is 0.959. The predicted molar refractivity (Wildman–Crippen MR) is 109 cm³/mol. The van der Waals surface area contributed by atoms with Crippen LogP contribution in [0.3, 0.4) is 0 Å². The molecule has 1 aliphatic rings. The quantitative estimate of drug-likeness (QED) is 0.415. The third-order valence-corrected chi connectivity index (χ3v) is 5.58. The number of carbonyl (C=O) groups is 2. The summed E-state index contributed by atoms with van der Waals surface area (Å²) in [6, 6.07) is 9.32. The summed E-state index contributed by atoms with van der Waals surface area (Å²) in [5, 5.41) is 13.7. The van der Waals surface area contributed by atoms with E-state index < -0.39 is 23.5 Å². The zero-order chi connectivity index (χ0) is 21.0. The Bertz CT molecular complexity index is 926. The number of nitrogens with zero attached hydrogens (tertiary/aromatic N) is 2. The molecule has 1 unspecified atom stereocenters. The summed E-state index contributed by atoms with van der Waals surface area (Å²) >= 11 is 6.17. The number of rotatable bonds is 7. The van der Waals surface area contributed by atoms with Gasteiger partial charge in [-0.15, -0.1) is 0 Å². The number of hydrogen-bond donors (Lipinski definition) is 1. The topological polar surface area (TPSA) is 77.8 Å². The molecule has 6 nitrogen and oxygen atoms in total. The van der Waals surface area contributed by atoms with Gasteiger partial charge in [-0.3, -0.25) is 14.6 Å². The molecule has 1 aliphatic heterocycles. The number of likely N-dealkylation sites (tertiary alicyclic amines) is 1. The summed E-state index contributed by atoms with van der Waals surface area (Å²) in [6.45, 7) is 7.07. The van der Waals surface area contributed by atoms with Crippen molar-refractivity contribution in [1.29, 1.82) is 0 Å². The number of hydrogen-bond acceptors (Lipinski definition) is 4. The number of ketones is 1. The van der Waals surface area contributed by atoms with Crippen molar-refractivity contribution in [3.8, 4) is 0 Å². The molecule has 2 heterocycles. The largest absolute Gasteiger partial charge is 0.872 e. The first-order valence-corrected chi connectivity index (χ1v) is 10.1. The molecule has 2 aromatic rings. The van der Waals surface area contributed by atoms with E-state index >= 15 is 0 Å². The summed E-state index contributed by atoms with van der Waals surface area (Å²) in [5.74, 6) is -1.83. The molecule has 1 saturated heterocycles. The minimum absolute atomic E-state index is 0.0296. The molecule has 1 aromatic carbocycles. The van der Waals surface area contributed by atoms with Gasteiger partial charge in [0.05, 0.1) is 32.2 Å². The lowest BCUT2D eigenvalue weighted by atomic mass is 9.95. The van der Waals surface area contributed by atoms with Crippen LogP contribution in [0.1, 0.15) is 31.0 Å². The molecule has 1 N–H and O–H groups in total. The Hall–Kier alpha value is -2.70. The van der Waals surface area contributed by atoms with Crippen LogP contribution in [0.15, 0.2) is 54.4 Å². The van der Waals surface area contributed by atoms with Crippen LogP contribution in [-0.4, -0.2) is 47.8 Å². The van der Waals surface area contributed by atoms with Crippen molar-refractivity contribution in [3.05, 3.63) is 70.5 Å². The molecule has 0 saturated carbocycles. The number of amides is 1. The number of halogens is 1. The van der Waals surface area contributed by atoms with E-state index in [1.165, 1.54) is 22.2 Å². The lowest BCUT2D eigenvalue weighted by Gasteiger charge is -2.28. The van der Waals surface area contributed by atoms with E-state index in [9.17, 15) is 14.7 Å². The Labute approximate surface area is 175 Å². The lowest BCUT2D eigenvalue weighted by molar-refractivity contribution is -0.895.